The molecule has 0 unspecified atom stereocenters. The topological polar surface area (TPSA) is 27.7 Å². The highest BCUT2D eigenvalue weighted by atomic mass is 16.5. The molecule has 19 heavy (non-hydrogen) atoms. The Morgan fingerprint density at radius 3 is 2.47 bits per heavy atom. The van der Waals surface area contributed by atoms with Crippen molar-refractivity contribution in [2.45, 2.75) is 50.9 Å². The number of hydrogen-bond donors (Lipinski definition) is 1. The first-order valence-electron chi connectivity index (χ1n) is 8.14. The molecule has 0 aliphatic carbocycles. The van der Waals surface area contributed by atoms with Crippen molar-refractivity contribution in [3.8, 4) is 0 Å². The predicted octanol–water partition coefficient (Wildman–Crippen LogP) is 0.923. The first-order chi connectivity index (χ1) is 9.31. The fourth-order valence-corrected chi connectivity index (χ4v) is 3.84. The second-order valence-corrected chi connectivity index (χ2v) is 6.50. The molecular formula is C15H29N3O. The van der Waals surface area contributed by atoms with Crippen molar-refractivity contribution < 1.29 is 4.74 Å². The van der Waals surface area contributed by atoms with E-state index in [4.69, 9.17) is 4.74 Å². The van der Waals surface area contributed by atoms with Crippen molar-refractivity contribution in [2.75, 3.05) is 45.8 Å². The van der Waals surface area contributed by atoms with Crippen molar-refractivity contribution in [2.24, 2.45) is 0 Å². The van der Waals surface area contributed by atoms with Crippen LogP contribution >= 0.6 is 0 Å². The van der Waals surface area contributed by atoms with Crippen molar-refractivity contribution in [3.63, 3.8) is 0 Å². The fraction of sp³-hybridized carbons (Fsp3) is 1.00. The third-order valence-electron chi connectivity index (χ3n) is 4.90. The highest BCUT2D eigenvalue weighted by Crippen LogP contribution is 2.21. The van der Waals surface area contributed by atoms with Crippen LogP contribution in [-0.2, 0) is 4.74 Å². The van der Waals surface area contributed by atoms with E-state index in [0.29, 0.717) is 12.2 Å². The summed E-state index contributed by atoms with van der Waals surface area (Å²) >= 11 is 0. The van der Waals surface area contributed by atoms with Gasteiger partial charge in [0.1, 0.15) is 0 Å². The highest BCUT2D eigenvalue weighted by molar-refractivity contribution is 4.84. The lowest BCUT2D eigenvalue weighted by atomic mass is 10.0. The zero-order chi connectivity index (χ0) is 13.1. The van der Waals surface area contributed by atoms with Crippen molar-refractivity contribution in [1.82, 2.24) is 15.1 Å². The molecule has 110 valence electrons. The number of likely N-dealkylation sites (tertiary alicyclic amines) is 2. The van der Waals surface area contributed by atoms with Gasteiger partial charge in [-0.05, 0) is 58.8 Å². The Kier molecular flexibility index (Phi) is 4.74. The number of nitrogens with zero attached hydrogens (tertiary/aromatic N) is 2. The average molecular weight is 267 g/mol. The molecule has 4 heteroatoms. The van der Waals surface area contributed by atoms with Crippen LogP contribution in [0.4, 0.5) is 0 Å². The van der Waals surface area contributed by atoms with Gasteiger partial charge in [0.05, 0.1) is 12.2 Å². The molecule has 0 aromatic rings. The van der Waals surface area contributed by atoms with Gasteiger partial charge in [-0.2, -0.15) is 0 Å². The quantitative estimate of drug-likeness (QED) is 0.823. The SMILES string of the molecule is C[C@@H]1CNC[C@@H](CN2CCC(N3CCCC3)CC2)O1. The lowest BCUT2D eigenvalue weighted by Gasteiger charge is -2.39. The summed E-state index contributed by atoms with van der Waals surface area (Å²) in [5.41, 5.74) is 0. The van der Waals surface area contributed by atoms with Crippen LogP contribution in [-0.4, -0.2) is 73.9 Å². The Labute approximate surface area is 117 Å². The molecule has 0 aromatic carbocycles. The van der Waals surface area contributed by atoms with Crippen molar-refractivity contribution in [3.05, 3.63) is 0 Å². The summed E-state index contributed by atoms with van der Waals surface area (Å²) < 4.78 is 6.00. The van der Waals surface area contributed by atoms with Gasteiger partial charge in [0.15, 0.2) is 0 Å². The molecule has 3 fully saturated rings. The van der Waals surface area contributed by atoms with E-state index in [0.717, 1.165) is 25.7 Å². The van der Waals surface area contributed by atoms with Gasteiger partial charge in [-0.1, -0.05) is 0 Å². The van der Waals surface area contributed by atoms with Crippen molar-refractivity contribution in [1.29, 1.82) is 0 Å². The van der Waals surface area contributed by atoms with Crippen LogP contribution in [0.3, 0.4) is 0 Å². The maximum absolute atomic E-state index is 6.00. The number of ether oxygens (including phenoxy) is 1. The van der Waals surface area contributed by atoms with E-state index in [9.17, 15) is 0 Å². The van der Waals surface area contributed by atoms with E-state index in [1.807, 2.05) is 0 Å². The molecule has 3 saturated heterocycles. The molecule has 0 radical (unpaired) electrons. The Balaban J connectivity index is 1.40. The van der Waals surface area contributed by atoms with Gasteiger partial charge in [0.25, 0.3) is 0 Å². The Hall–Kier alpha value is -0.160. The summed E-state index contributed by atoms with van der Waals surface area (Å²) in [6.45, 7) is 10.5. The number of nitrogens with one attached hydrogen (secondary N) is 1. The average Bonchev–Trinajstić information content (AvgIpc) is 2.94. The van der Waals surface area contributed by atoms with Gasteiger partial charge in [-0.25, -0.2) is 0 Å². The lowest BCUT2D eigenvalue weighted by molar-refractivity contribution is -0.0467. The van der Waals surface area contributed by atoms with Crippen LogP contribution in [0.5, 0.6) is 0 Å². The number of piperidine rings is 1. The number of hydrogen-bond acceptors (Lipinski definition) is 4. The second kappa shape index (κ2) is 6.53. The molecular weight excluding hydrogens is 238 g/mol. The monoisotopic (exact) mass is 267 g/mol. The molecule has 4 nitrogen and oxygen atoms in total. The molecule has 3 heterocycles. The Morgan fingerprint density at radius 2 is 1.79 bits per heavy atom. The zero-order valence-electron chi connectivity index (χ0n) is 12.3. The maximum atomic E-state index is 6.00. The smallest absolute Gasteiger partial charge is 0.0830 e. The predicted molar refractivity (Wildman–Crippen MR) is 77.5 cm³/mol. The van der Waals surface area contributed by atoms with Crippen molar-refractivity contribution >= 4 is 0 Å². The van der Waals surface area contributed by atoms with Gasteiger partial charge >= 0.3 is 0 Å². The van der Waals surface area contributed by atoms with Gasteiger partial charge in [-0.3, -0.25) is 0 Å². The highest BCUT2D eigenvalue weighted by Gasteiger charge is 2.28. The number of rotatable bonds is 3. The molecule has 0 aromatic heterocycles. The minimum Gasteiger partial charge on any atom is -0.371 e. The molecule has 0 saturated carbocycles. The third-order valence-corrected chi connectivity index (χ3v) is 4.90. The molecule has 0 amide bonds. The van der Waals surface area contributed by atoms with Crippen LogP contribution in [0, 0.1) is 0 Å². The van der Waals surface area contributed by atoms with Gasteiger partial charge in [-0.15, -0.1) is 0 Å². The summed E-state index contributed by atoms with van der Waals surface area (Å²) in [6.07, 6.45) is 6.32. The van der Waals surface area contributed by atoms with Crippen LogP contribution in [0.25, 0.3) is 0 Å². The molecule has 3 rings (SSSR count). The Bertz CT molecular complexity index is 273. The second-order valence-electron chi connectivity index (χ2n) is 6.50. The largest absolute Gasteiger partial charge is 0.371 e. The third kappa shape index (κ3) is 3.69. The molecule has 1 N–H and O–H groups in total. The summed E-state index contributed by atoms with van der Waals surface area (Å²) in [5.74, 6) is 0. The fourth-order valence-electron chi connectivity index (χ4n) is 3.84. The van der Waals surface area contributed by atoms with Crippen LogP contribution in [0.15, 0.2) is 0 Å². The zero-order valence-corrected chi connectivity index (χ0v) is 12.3. The Morgan fingerprint density at radius 1 is 1.05 bits per heavy atom. The summed E-state index contributed by atoms with van der Waals surface area (Å²) in [4.78, 5) is 5.33. The van der Waals surface area contributed by atoms with Crippen LogP contribution in [0.1, 0.15) is 32.6 Å². The molecule has 0 spiro atoms. The molecule has 2 atom stereocenters. The van der Waals surface area contributed by atoms with E-state index in [-0.39, 0.29) is 0 Å². The first-order valence-corrected chi connectivity index (χ1v) is 8.14. The normalized spacial score (nSPS) is 35.8. The first kappa shape index (κ1) is 13.8. The minimum absolute atomic E-state index is 0.376. The molecule has 3 aliphatic rings. The van der Waals surface area contributed by atoms with Gasteiger partial charge < -0.3 is 19.9 Å². The van der Waals surface area contributed by atoms with Crippen LogP contribution in [0.2, 0.25) is 0 Å². The lowest BCUT2D eigenvalue weighted by Crippen LogP contribution is -2.51. The summed E-state index contributed by atoms with van der Waals surface area (Å²) in [7, 11) is 0. The van der Waals surface area contributed by atoms with Crippen LogP contribution < -0.4 is 5.32 Å². The van der Waals surface area contributed by atoms with Gasteiger partial charge in [0, 0.05) is 25.7 Å². The molecule has 3 aliphatic heterocycles. The minimum atomic E-state index is 0.376. The van der Waals surface area contributed by atoms with E-state index >= 15 is 0 Å². The summed E-state index contributed by atoms with van der Waals surface area (Å²) in [6, 6.07) is 0.864. The number of morpholine rings is 1. The maximum Gasteiger partial charge on any atom is 0.0830 e. The van der Waals surface area contributed by atoms with E-state index in [1.54, 1.807) is 0 Å². The standard InChI is InChI=1S/C15H29N3O/c1-13-10-16-11-15(19-13)12-17-8-4-14(5-9-17)18-6-2-3-7-18/h13-16H,2-12H2,1H3/t13-,15+/m1/s1. The summed E-state index contributed by atoms with van der Waals surface area (Å²) in [5, 5.41) is 3.47. The van der Waals surface area contributed by atoms with E-state index in [1.165, 1.54) is 51.9 Å². The molecule has 0 bridgehead atoms. The van der Waals surface area contributed by atoms with E-state index in [2.05, 4.69) is 22.0 Å². The van der Waals surface area contributed by atoms with E-state index < -0.39 is 0 Å². The van der Waals surface area contributed by atoms with Gasteiger partial charge in [0.2, 0.25) is 0 Å².